The first-order valence-electron chi connectivity index (χ1n) is 28.6. The molecule has 4 atom stereocenters. The Kier molecular flexibility index (Phi) is 24.3. The molecular weight excluding hydrogens is 1100 g/mol. The number of nitrogens with one attached hydrogen (secondary N) is 4. The molecule has 0 radical (unpaired) electrons. The Hall–Kier alpha value is -6.62. The molecule has 0 saturated heterocycles. The Balaban J connectivity index is 0.701. The van der Waals surface area contributed by atoms with Crippen molar-refractivity contribution in [2.45, 2.75) is 104 Å². The first-order valence-corrected chi connectivity index (χ1v) is 28.6. The summed E-state index contributed by atoms with van der Waals surface area (Å²) in [4.78, 5) is 108. The maximum absolute atomic E-state index is 15.4. The lowest BCUT2D eigenvalue weighted by molar-refractivity contribution is -0.172. The van der Waals surface area contributed by atoms with Crippen molar-refractivity contribution in [1.29, 1.82) is 0 Å². The van der Waals surface area contributed by atoms with Crippen LogP contribution in [0.15, 0.2) is 29.1 Å². The molecule has 3 aromatic rings. The molecular formula is C58H78FN7O18. The van der Waals surface area contributed by atoms with E-state index < -0.39 is 70.6 Å². The van der Waals surface area contributed by atoms with Crippen LogP contribution in [0, 0.1) is 18.7 Å². The highest BCUT2D eigenvalue weighted by molar-refractivity contribution is 6.13. The number of aliphatic hydroxyl groups is 1. The van der Waals surface area contributed by atoms with Gasteiger partial charge in [-0.3, -0.25) is 38.5 Å². The molecule has 0 spiro atoms. The lowest BCUT2D eigenvalue weighted by Crippen LogP contribution is -2.55. The molecule has 2 aromatic heterocycles. The van der Waals surface area contributed by atoms with Crippen molar-refractivity contribution in [3.8, 4) is 11.4 Å². The molecule has 5 heterocycles. The van der Waals surface area contributed by atoms with Crippen LogP contribution in [0.3, 0.4) is 0 Å². The fourth-order valence-electron chi connectivity index (χ4n) is 10.2. The highest BCUT2D eigenvalue weighted by Gasteiger charge is 2.46. The number of carbonyl (C=O) groups excluding carboxylic acids is 7. The summed E-state index contributed by atoms with van der Waals surface area (Å²) < 4.78 is 66.2. The van der Waals surface area contributed by atoms with Crippen LogP contribution in [0.1, 0.15) is 92.8 Å². The van der Waals surface area contributed by atoms with E-state index in [4.69, 9.17) is 47.6 Å². The summed E-state index contributed by atoms with van der Waals surface area (Å²) in [5.74, 6) is -4.21. The quantitative estimate of drug-likeness (QED) is 0.0241. The second-order valence-corrected chi connectivity index (χ2v) is 20.8. The summed E-state index contributed by atoms with van der Waals surface area (Å²) in [7, 11) is 0. The Morgan fingerprint density at radius 2 is 1.30 bits per heavy atom. The van der Waals surface area contributed by atoms with Crippen LogP contribution in [-0.2, 0) is 101 Å². The molecule has 25 nitrogen and oxygen atoms in total. The number of hydrogen-bond donors (Lipinski definition) is 5. The first kappa shape index (κ1) is 64.9. The predicted octanol–water partition coefficient (Wildman–Crippen LogP) is 1.23. The van der Waals surface area contributed by atoms with E-state index in [-0.39, 0.29) is 81.7 Å². The van der Waals surface area contributed by atoms with E-state index in [1.165, 1.54) is 22.8 Å². The van der Waals surface area contributed by atoms with Gasteiger partial charge in [0.1, 0.15) is 24.5 Å². The number of carbonyl (C=O) groups is 7. The van der Waals surface area contributed by atoms with Crippen LogP contribution in [0.2, 0.25) is 0 Å². The van der Waals surface area contributed by atoms with E-state index in [0.717, 1.165) is 10.5 Å². The van der Waals surface area contributed by atoms with E-state index >= 15 is 4.39 Å². The Morgan fingerprint density at radius 3 is 1.86 bits per heavy atom. The molecule has 1 aromatic carbocycles. The summed E-state index contributed by atoms with van der Waals surface area (Å²) in [6.07, 6.45) is 3.13. The van der Waals surface area contributed by atoms with Gasteiger partial charge in [0.2, 0.25) is 23.6 Å². The molecule has 5 N–H and O–H groups in total. The number of rotatable bonds is 37. The third-order valence-corrected chi connectivity index (χ3v) is 14.8. The standard InChI is InChI=1S/C58H78FN7O18/c1-6-58(75)41-31-45-53-39(33-66(45)56(73)40(41)34-84-57(58)74)51-43(8-7-38-36(4)42(59)32-44(62-53)50(38)51)63-54(71)37(5)61-55(72)52(35(2)3)64-47(68)12-15-76-17-19-78-21-23-80-25-27-82-29-30-83-28-26-81-24-22-79-20-18-77-16-13-60-46(67)11-14-65-48(69)9-10-49(65)70/h9-10,31-32,35,37,43,52,75H,6-8,11-30,33-34H2,1-5H3,(H,60,67)(H,61,72)(H,63,71)(H,64,68)/t37-,43-,52-,58-/m0/s1. The summed E-state index contributed by atoms with van der Waals surface area (Å²) in [5, 5.41) is 23.4. The van der Waals surface area contributed by atoms with Crippen molar-refractivity contribution in [3.05, 3.63) is 73.8 Å². The number of halogens is 1. The third kappa shape index (κ3) is 16.6. The van der Waals surface area contributed by atoms with Crippen LogP contribution in [-0.4, -0.2) is 192 Å². The van der Waals surface area contributed by atoms with Crippen LogP contribution >= 0.6 is 0 Å². The summed E-state index contributed by atoms with van der Waals surface area (Å²) in [5.41, 5.74) is 1.35. The molecule has 0 saturated carbocycles. The van der Waals surface area contributed by atoms with Gasteiger partial charge < -0.3 is 73.6 Å². The minimum absolute atomic E-state index is 0.0184. The zero-order chi connectivity index (χ0) is 60.3. The first-order chi connectivity index (χ1) is 40.4. The highest BCUT2D eigenvalue weighted by Crippen LogP contribution is 2.46. The number of esters is 1. The lowest BCUT2D eigenvalue weighted by atomic mass is 9.81. The van der Waals surface area contributed by atoms with Gasteiger partial charge in [-0.15, -0.1) is 0 Å². The Labute approximate surface area is 485 Å². The average molecular weight is 1180 g/mol. The minimum Gasteiger partial charge on any atom is -0.458 e. The fourth-order valence-corrected chi connectivity index (χ4v) is 10.2. The number of hydrogen-bond acceptors (Lipinski definition) is 19. The number of aromatic nitrogens is 2. The second-order valence-electron chi connectivity index (χ2n) is 20.8. The highest BCUT2D eigenvalue weighted by atomic mass is 19.1. The molecule has 0 unspecified atom stereocenters. The zero-order valence-corrected chi connectivity index (χ0v) is 48.4. The molecule has 84 heavy (non-hydrogen) atoms. The van der Waals surface area contributed by atoms with Gasteiger partial charge in [-0.1, -0.05) is 20.8 Å². The van der Waals surface area contributed by atoms with Crippen LogP contribution in [0.5, 0.6) is 0 Å². The van der Waals surface area contributed by atoms with E-state index in [0.29, 0.717) is 144 Å². The van der Waals surface area contributed by atoms with Crippen molar-refractivity contribution in [3.63, 3.8) is 0 Å². The molecule has 0 bridgehead atoms. The van der Waals surface area contributed by atoms with Gasteiger partial charge in [-0.2, -0.15) is 0 Å². The summed E-state index contributed by atoms with van der Waals surface area (Å²) in [6.45, 7) is 14.0. The number of fused-ring (bicyclic) bond motifs is 5. The Bertz CT molecular complexity index is 2940. The molecule has 6 amide bonds. The van der Waals surface area contributed by atoms with E-state index in [2.05, 4.69) is 21.3 Å². The number of pyridine rings is 2. The number of aryl methyl sites for hydroxylation is 1. The van der Waals surface area contributed by atoms with E-state index in [1.807, 2.05) is 0 Å². The van der Waals surface area contributed by atoms with Gasteiger partial charge in [0.15, 0.2) is 5.60 Å². The number of nitrogens with zero attached hydrogens (tertiary/aromatic N) is 3. The summed E-state index contributed by atoms with van der Waals surface area (Å²) >= 11 is 0. The predicted molar refractivity (Wildman–Crippen MR) is 297 cm³/mol. The van der Waals surface area contributed by atoms with Gasteiger partial charge in [-0.05, 0) is 61.8 Å². The van der Waals surface area contributed by atoms with Crippen molar-refractivity contribution >= 4 is 52.3 Å². The van der Waals surface area contributed by atoms with Gasteiger partial charge in [0, 0.05) is 60.7 Å². The van der Waals surface area contributed by atoms with Gasteiger partial charge in [0.25, 0.3) is 17.4 Å². The third-order valence-electron chi connectivity index (χ3n) is 14.8. The van der Waals surface area contributed by atoms with Crippen molar-refractivity contribution in [1.82, 2.24) is 35.7 Å². The van der Waals surface area contributed by atoms with Crippen LogP contribution in [0.4, 0.5) is 4.39 Å². The molecule has 460 valence electrons. The van der Waals surface area contributed by atoms with E-state index in [1.54, 1.807) is 40.7 Å². The molecule has 26 heteroatoms. The van der Waals surface area contributed by atoms with Crippen LogP contribution < -0.4 is 26.8 Å². The number of imide groups is 1. The molecule has 1 aliphatic carbocycles. The SMILES string of the molecule is CC[C@@]1(O)C(=O)OCc2c1cc1n(c2=O)Cc2c-1nc1cc(F)c(C)c3c1c2[C@@H](NC(=O)[C@H](C)NC(=O)[C@@H](NC(=O)CCOCCOCCOCCOCCOCCOCCOCCOCCNC(=O)CCN1C(=O)C=CC1=O)C(C)C)CC3. The summed E-state index contributed by atoms with van der Waals surface area (Å²) in [6, 6.07) is 0.296. The monoisotopic (exact) mass is 1180 g/mol. The lowest BCUT2D eigenvalue weighted by Gasteiger charge is -2.31. The second kappa shape index (κ2) is 31.5. The average Bonchev–Trinajstić information content (AvgIpc) is 1.51. The van der Waals surface area contributed by atoms with Crippen LogP contribution in [0.25, 0.3) is 22.3 Å². The number of benzene rings is 1. The van der Waals surface area contributed by atoms with Gasteiger partial charge in [0.05, 0.1) is 141 Å². The number of amides is 6. The van der Waals surface area contributed by atoms with Crippen molar-refractivity contribution in [2.24, 2.45) is 5.92 Å². The van der Waals surface area contributed by atoms with Crippen molar-refractivity contribution < 1.29 is 85.7 Å². The molecule has 3 aliphatic heterocycles. The fraction of sp³-hybridized carbons (Fsp3) is 0.603. The molecule has 7 rings (SSSR count). The number of ether oxygens (including phenoxy) is 9. The number of cyclic esters (lactones) is 1. The van der Waals surface area contributed by atoms with E-state index in [9.17, 15) is 43.5 Å². The maximum atomic E-state index is 15.4. The maximum Gasteiger partial charge on any atom is 0.343 e. The largest absolute Gasteiger partial charge is 0.458 e. The molecule has 4 aliphatic rings. The topological polar surface area (TPSA) is 309 Å². The zero-order valence-electron chi connectivity index (χ0n) is 48.4. The molecule has 0 fully saturated rings. The Morgan fingerprint density at radius 1 is 0.738 bits per heavy atom. The normalized spacial score (nSPS) is 17.5. The van der Waals surface area contributed by atoms with Gasteiger partial charge >= 0.3 is 5.97 Å². The van der Waals surface area contributed by atoms with Crippen molar-refractivity contribution in [2.75, 3.05) is 119 Å². The van der Waals surface area contributed by atoms with Gasteiger partial charge in [-0.25, -0.2) is 14.2 Å². The smallest absolute Gasteiger partial charge is 0.343 e. The minimum atomic E-state index is -2.04.